The van der Waals surface area contributed by atoms with Crippen LogP contribution in [0.4, 0.5) is 10.1 Å². The van der Waals surface area contributed by atoms with E-state index in [1.54, 1.807) is 6.07 Å². The zero-order valence-electron chi connectivity index (χ0n) is 10.1. The van der Waals surface area contributed by atoms with E-state index in [0.717, 1.165) is 12.2 Å². The number of rotatable bonds is 8. The van der Waals surface area contributed by atoms with Gasteiger partial charge in [0.1, 0.15) is 5.82 Å². The van der Waals surface area contributed by atoms with Crippen molar-refractivity contribution in [2.45, 2.75) is 45.4 Å². The van der Waals surface area contributed by atoms with Gasteiger partial charge in [0.15, 0.2) is 0 Å². The van der Waals surface area contributed by atoms with Gasteiger partial charge in [0.05, 0.1) is 0 Å². The van der Waals surface area contributed by atoms with Crippen molar-refractivity contribution in [3.8, 4) is 0 Å². The molecular weight excluding hydrogens is 201 g/mol. The smallest absolute Gasteiger partial charge is 0.125 e. The van der Waals surface area contributed by atoms with Crippen LogP contribution in [-0.2, 0) is 0 Å². The number of hydrogen-bond donors (Lipinski definition) is 1. The summed E-state index contributed by atoms with van der Waals surface area (Å²) in [5.74, 6) is -0.173. The topological polar surface area (TPSA) is 12.0 Å². The van der Waals surface area contributed by atoms with Crippen LogP contribution in [-0.4, -0.2) is 6.54 Å². The maximum Gasteiger partial charge on any atom is 0.125 e. The van der Waals surface area contributed by atoms with E-state index in [1.165, 1.54) is 50.7 Å². The van der Waals surface area contributed by atoms with Gasteiger partial charge in [0.2, 0.25) is 0 Å². The molecule has 0 heterocycles. The lowest BCUT2D eigenvalue weighted by Gasteiger charge is -2.06. The second-order valence-corrected chi connectivity index (χ2v) is 4.20. The number of anilines is 1. The SMILES string of the molecule is CCCCCCCCNc1cccc(F)c1. The summed E-state index contributed by atoms with van der Waals surface area (Å²) in [5.41, 5.74) is 0.883. The molecule has 1 aromatic carbocycles. The molecule has 1 rings (SSSR count). The van der Waals surface area contributed by atoms with Gasteiger partial charge in [-0.25, -0.2) is 4.39 Å². The minimum atomic E-state index is -0.173. The quantitative estimate of drug-likeness (QED) is 0.635. The minimum absolute atomic E-state index is 0.173. The van der Waals surface area contributed by atoms with Gasteiger partial charge in [-0.15, -0.1) is 0 Å². The Labute approximate surface area is 98.1 Å². The number of nitrogens with one attached hydrogen (secondary N) is 1. The first-order chi connectivity index (χ1) is 7.83. The van der Waals surface area contributed by atoms with E-state index >= 15 is 0 Å². The van der Waals surface area contributed by atoms with Crippen LogP contribution in [0.2, 0.25) is 0 Å². The third kappa shape index (κ3) is 5.74. The molecule has 0 radical (unpaired) electrons. The van der Waals surface area contributed by atoms with Gasteiger partial charge in [-0.2, -0.15) is 0 Å². The molecule has 16 heavy (non-hydrogen) atoms. The average Bonchev–Trinajstić information content (AvgIpc) is 2.28. The molecule has 0 aliphatic heterocycles. The predicted octanol–water partition coefficient (Wildman–Crippen LogP) is 4.60. The lowest BCUT2D eigenvalue weighted by atomic mass is 10.1. The molecule has 90 valence electrons. The van der Waals surface area contributed by atoms with E-state index in [0.29, 0.717) is 0 Å². The molecule has 0 unspecified atom stereocenters. The zero-order chi connectivity index (χ0) is 11.6. The number of hydrogen-bond acceptors (Lipinski definition) is 1. The molecule has 0 saturated heterocycles. The second-order valence-electron chi connectivity index (χ2n) is 4.20. The van der Waals surface area contributed by atoms with Crippen LogP contribution in [0.15, 0.2) is 24.3 Å². The molecule has 0 bridgehead atoms. The van der Waals surface area contributed by atoms with E-state index in [-0.39, 0.29) is 5.82 Å². The van der Waals surface area contributed by atoms with Crippen molar-refractivity contribution in [3.05, 3.63) is 30.1 Å². The fourth-order valence-electron chi connectivity index (χ4n) is 1.74. The summed E-state index contributed by atoms with van der Waals surface area (Å²) in [5, 5.41) is 3.24. The summed E-state index contributed by atoms with van der Waals surface area (Å²) >= 11 is 0. The van der Waals surface area contributed by atoms with E-state index in [4.69, 9.17) is 0 Å². The third-order valence-electron chi connectivity index (χ3n) is 2.68. The summed E-state index contributed by atoms with van der Waals surface area (Å²) in [6.07, 6.45) is 7.73. The molecule has 0 atom stereocenters. The van der Waals surface area contributed by atoms with Crippen molar-refractivity contribution >= 4 is 5.69 Å². The number of benzene rings is 1. The van der Waals surface area contributed by atoms with Gasteiger partial charge in [-0.1, -0.05) is 45.1 Å². The van der Waals surface area contributed by atoms with E-state index in [1.807, 2.05) is 6.07 Å². The summed E-state index contributed by atoms with van der Waals surface area (Å²) in [6.45, 7) is 3.17. The molecule has 0 fully saturated rings. The van der Waals surface area contributed by atoms with Gasteiger partial charge in [0.25, 0.3) is 0 Å². The van der Waals surface area contributed by atoms with Crippen LogP contribution >= 0.6 is 0 Å². The summed E-state index contributed by atoms with van der Waals surface area (Å²) < 4.78 is 12.8. The Bertz CT molecular complexity index is 286. The molecule has 0 aliphatic carbocycles. The van der Waals surface area contributed by atoms with Crippen molar-refractivity contribution < 1.29 is 4.39 Å². The van der Waals surface area contributed by atoms with Crippen LogP contribution < -0.4 is 5.32 Å². The van der Waals surface area contributed by atoms with Crippen molar-refractivity contribution in [1.29, 1.82) is 0 Å². The maximum absolute atomic E-state index is 12.8. The van der Waals surface area contributed by atoms with Crippen molar-refractivity contribution in [3.63, 3.8) is 0 Å². The highest BCUT2D eigenvalue weighted by atomic mass is 19.1. The molecule has 2 heteroatoms. The first kappa shape index (κ1) is 13.0. The van der Waals surface area contributed by atoms with Crippen molar-refractivity contribution in [1.82, 2.24) is 0 Å². The summed E-state index contributed by atoms with van der Waals surface area (Å²) in [4.78, 5) is 0. The molecule has 1 aromatic rings. The highest BCUT2D eigenvalue weighted by Crippen LogP contribution is 2.10. The number of unbranched alkanes of at least 4 members (excludes halogenated alkanes) is 5. The lowest BCUT2D eigenvalue weighted by molar-refractivity contribution is 0.616. The van der Waals surface area contributed by atoms with Crippen LogP contribution in [0.5, 0.6) is 0 Å². The fraction of sp³-hybridized carbons (Fsp3) is 0.571. The highest BCUT2D eigenvalue weighted by molar-refractivity contribution is 5.42. The van der Waals surface area contributed by atoms with Gasteiger partial charge < -0.3 is 5.32 Å². The second kappa shape index (κ2) is 8.14. The first-order valence-electron chi connectivity index (χ1n) is 6.32. The molecule has 0 spiro atoms. The first-order valence-corrected chi connectivity index (χ1v) is 6.32. The highest BCUT2D eigenvalue weighted by Gasteiger charge is 1.94. The van der Waals surface area contributed by atoms with Crippen molar-refractivity contribution in [2.24, 2.45) is 0 Å². The maximum atomic E-state index is 12.8. The van der Waals surface area contributed by atoms with Crippen LogP contribution in [0.25, 0.3) is 0 Å². The Kier molecular flexibility index (Phi) is 6.62. The molecule has 0 aliphatic rings. The largest absolute Gasteiger partial charge is 0.385 e. The Hall–Kier alpha value is -1.05. The predicted molar refractivity (Wildman–Crippen MR) is 68.3 cm³/mol. The van der Waals surface area contributed by atoms with E-state index in [9.17, 15) is 4.39 Å². The third-order valence-corrected chi connectivity index (χ3v) is 2.68. The van der Waals surface area contributed by atoms with Gasteiger partial charge in [0, 0.05) is 12.2 Å². The summed E-state index contributed by atoms with van der Waals surface area (Å²) in [6, 6.07) is 6.64. The van der Waals surface area contributed by atoms with Crippen LogP contribution in [0, 0.1) is 5.82 Å². The molecule has 1 N–H and O–H groups in total. The Morgan fingerprint density at radius 3 is 2.56 bits per heavy atom. The normalized spacial score (nSPS) is 10.4. The van der Waals surface area contributed by atoms with Crippen LogP contribution in [0.1, 0.15) is 45.4 Å². The van der Waals surface area contributed by atoms with Crippen LogP contribution in [0.3, 0.4) is 0 Å². The van der Waals surface area contributed by atoms with Gasteiger partial charge in [-0.3, -0.25) is 0 Å². The molecule has 0 amide bonds. The molecule has 0 saturated carbocycles. The Balaban J connectivity index is 2.03. The average molecular weight is 223 g/mol. The van der Waals surface area contributed by atoms with Gasteiger partial charge >= 0.3 is 0 Å². The molecule has 0 aromatic heterocycles. The van der Waals surface area contributed by atoms with E-state index < -0.39 is 0 Å². The number of halogens is 1. The fourth-order valence-corrected chi connectivity index (χ4v) is 1.74. The van der Waals surface area contributed by atoms with Gasteiger partial charge in [-0.05, 0) is 24.6 Å². The molecule has 1 nitrogen and oxygen atoms in total. The Morgan fingerprint density at radius 1 is 1.06 bits per heavy atom. The molecular formula is C14H22FN. The Morgan fingerprint density at radius 2 is 1.81 bits per heavy atom. The standard InChI is InChI=1S/C14H22FN/c1-2-3-4-5-6-7-11-16-14-10-8-9-13(15)12-14/h8-10,12,16H,2-7,11H2,1H3. The zero-order valence-corrected chi connectivity index (χ0v) is 10.1. The lowest BCUT2D eigenvalue weighted by Crippen LogP contribution is -2.01. The minimum Gasteiger partial charge on any atom is -0.385 e. The van der Waals surface area contributed by atoms with Crippen molar-refractivity contribution in [2.75, 3.05) is 11.9 Å². The summed E-state index contributed by atoms with van der Waals surface area (Å²) in [7, 11) is 0. The monoisotopic (exact) mass is 223 g/mol. The van der Waals surface area contributed by atoms with E-state index in [2.05, 4.69) is 12.2 Å².